The van der Waals surface area contributed by atoms with Crippen molar-refractivity contribution in [3.05, 3.63) is 9.81 Å². The third kappa shape index (κ3) is 0.721. The number of rotatable bonds is 0. The molecule has 0 aliphatic carbocycles. The molecule has 0 aromatic heterocycles. The van der Waals surface area contributed by atoms with Crippen LogP contribution in [0.2, 0.25) is 0 Å². The normalized spacial score (nSPS) is 17.5. The molecule has 8 nitrogen and oxygen atoms in total. The third-order valence-corrected chi connectivity index (χ3v) is 0.310. The maximum atomic E-state index is 9.67. The van der Waals surface area contributed by atoms with Crippen LogP contribution in [0.5, 0.6) is 0 Å². The third-order valence-electron chi connectivity index (χ3n) is 0.310. The van der Waals surface area contributed by atoms with Gasteiger partial charge in [-0.05, 0) is 0 Å². The second kappa shape index (κ2) is 1.48. The predicted octanol–water partition coefficient (Wildman–Crippen LogP) is -0.886. The van der Waals surface area contributed by atoms with Gasteiger partial charge in [0.1, 0.15) is 29.8 Å². The van der Waals surface area contributed by atoms with E-state index in [4.69, 9.17) is 0 Å². The highest BCUT2D eigenvalue weighted by Gasteiger charge is 2.40. The maximum absolute atomic E-state index is 9.67. The molecule has 0 spiro atoms. The molecule has 0 amide bonds. The fraction of sp³-hybridized carbons (Fsp3) is 0. The summed E-state index contributed by atoms with van der Waals surface area (Å²) >= 11 is 0. The van der Waals surface area contributed by atoms with Gasteiger partial charge in [-0.25, -0.2) is 0 Å². The van der Waals surface area contributed by atoms with Gasteiger partial charge in [-0.2, -0.15) is 0 Å². The Bertz CT molecular complexity index is 98.5. The van der Waals surface area contributed by atoms with Crippen LogP contribution in [0.4, 0.5) is 0 Å². The van der Waals surface area contributed by atoms with Crippen LogP contribution in [0.1, 0.15) is 0 Å². The van der Waals surface area contributed by atoms with Crippen LogP contribution < -0.4 is 0 Å². The van der Waals surface area contributed by atoms with Gasteiger partial charge in [-0.3, -0.25) is 0 Å². The van der Waals surface area contributed by atoms with E-state index in [1.54, 1.807) is 0 Å². The molecule has 1 aliphatic heterocycles. The van der Waals surface area contributed by atoms with Crippen molar-refractivity contribution in [2.24, 2.45) is 0 Å². The molecular formula is N2O6+2. The van der Waals surface area contributed by atoms with Gasteiger partial charge in [0, 0.05) is 0 Å². The van der Waals surface area contributed by atoms with E-state index in [2.05, 4.69) is 20.0 Å². The number of hydrogen-bond donors (Lipinski definition) is 0. The highest BCUT2D eigenvalue weighted by Crippen LogP contribution is 1.93. The number of hydrogen-bond acceptors (Lipinski definition) is 6. The molecule has 0 aromatic carbocycles. The second-order valence-electron chi connectivity index (χ2n) is 0.745. The maximum Gasteiger partial charge on any atom is 0.576 e. The van der Waals surface area contributed by atoms with Crippen molar-refractivity contribution in [2.75, 3.05) is 0 Å². The molecule has 0 unspecified atom stereocenters. The van der Waals surface area contributed by atoms with Crippen molar-refractivity contribution in [1.29, 1.82) is 0 Å². The molecule has 1 heterocycles. The van der Waals surface area contributed by atoms with Crippen LogP contribution in [-0.2, 0) is 20.0 Å². The summed E-state index contributed by atoms with van der Waals surface area (Å²) in [6.07, 6.45) is 0. The summed E-state index contributed by atoms with van der Waals surface area (Å²) in [5.41, 5.74) is 0. The minimum Gasteiger partial charge on any atom is 0.141 e. The molecule has 0 aromatic rings. The zero-order chi connectivity index (χ0) is 5.98. The highest BCUT2D eigenvalue weighted by molar-refractivity contribution is 3.62. The smallest absolute Gasteiger partial charge is 0.141 e. The summed E-state index contributed by atoms with van der Waals surface area (Å²) in [4.78, 5) is 33.1. The molecule has 8 heavy (non-hydrogen) atoms. The molecule has 1 rings (SSSR count). The van der Waals surface area contributed by atoms with E-state index in [1.807, 2.05) is 0 Å². The molecule has 0 radical (unpaired) electrons. The first-order valence-corrected chi connectivity index (χ1v) is 1.43. The molecule has 44 valence electrons. The lowest BCUT2D eigenvalue weighted by molar-refractivity contribution is -1.29. The molecule has 1 fully saturated rings. The zero-order valence-corrected chi connectivity index (χ0v) is 3.34. The summed E-state index contributed by atoms with van der Waals surface area (Å²) in [7, 11) is 0. The minimum absolute atomic E-state index is 0.533. The minimum atomic E-state index is -0.533. The van der Waals surface area contributed by atoms with Crippen molar-refractivity contribution in [2.45, 2.75) is 0 Å². The van der Waals surface area contributed by atoms with Gasteiger partial charge in [-0.15, -0.1) is 0 Å². The van der Waals surface area contributed by atoms with Crippen molar-refractivity contribution < 1.29 is 30.1 Å². The van der Waals surface area contributed by atoms with Crippen molar-refractivity contribution in [1.82, 2.24) is 0 Å². The Morgan fingerprint density at radius 3 is 1.25 bits per heavy atom. The first-order chi connectivity index (χ1) is 3.79. The van der Waals surface area contributed by atoms with Crippen LogP contribution in [0.15, 0.2) is 0 Å². The fourth-order valence-electron chi connectivity index (χ4n) is 0.134. The van der Waals surface area contributed by atoms with Crippen LogP contribution in [-0.4, -0.2) is 10.2 Å². The Hall–Kier alpha value is -1.60. The average Bonchev–Trinajstić information content (AvgIpc) is 1.77. The van der Waals surface area contributed by atoms with Crippen molar-refractivity contribution in [3.63, 3.8) is 0 Å². The summed E-state index contributed by atoms with van der Waals surface area (Å²) in [6.45, 7) is 0. The average molecular weight is 124 g/mol. The Morgan fingerprint density at radius 1 is 0.750 bits per heavy atom. The Morgan fingerprint density at radius 2 is 1.00 bits per heavy atom. The first kappa shape index (κ1) is 4.56. The van der Waals surface area contributed by atoms with Gasteiger partial charge in [0.05, 0.1) is 0 Å². The van der Waals surface area contributed by atoms with Crippen LogP contribution in [0, 0.1) is 9.81 Å². The lowest BCUT2D eigenvalue weighted by Gasteiger charge is -1.80. The highest BCUT2D eigenvalue weighted by atomic mass is 17.6. The molecular weight excluding hydrogens is 124 g/mol. The molecule has 1 aliphatic rings. The van der Waals surface area contributed by atoms with Gasteiger partial charge in [-0.1, -0.05) is 0 Å². The Balaban J connectivity index is 2.40. The zero-order valence-electron chi connectivity index (χ0n) is 3.34. The largest absolute Gasteiger partial charge is 0.576 e. The molecule has 0 N–H and O–H groups in total. The van der Waals surface area contributed by atoms with Crippen molar-refractivity contribution >= 4 is 0 Å². The van der Waals surface area contributed by atoms with Gasteiger partial charge in [0.15, 0.2) is 0 Å². The first-order valence-electron chi connectivity index (χ1n) is 1.43. The second-order valence-corrected chi connectivity index (χ2v) is 0.745. The van der Waals surface area contributed by atoms with E-state index < -0.39 is 10.2 Å². The summed E-state index contributed by atoms with van der Waals surface area (Å²) in [5.74, 6) is 0. The fourth-order valence-corrected chi connectivity index (χ4v) is 0.134. The van der Waals surface area contributed by atoms with E-state index in [0.29, 0.717) is 0 Å². The van der Waals surface area contributed by atoms with Gasteiger partial charge < -0.3 is 0 Å². The van der Waals surface area contributed by atoms with Gasteiger partial charge >= 0.3 is 10.2 Å². The van der Waals surface area contributed by atoms with E-state index in [1.165, 1.54) is 0 Å². The Kier molecular flexibility index (Phi) is 0.844. The number of nitrogens with zero attached hydrogens (tertiary/aromatic N) is 2. The molecule has 8 heteroatoms. The lowest BCUT2D eigenvalue weighted by atomic mass is 12.9. The van der Waals surface area contributed by atoms with Crippen LogP contribution in [0.25, 0.3) is 0 Å². The van der Waals surface area contributed by atoms with Gasteiger partial charge in [0.25, 0.3) is 0 Å². The SMILES string of the molecule is O=[N+]1OO[N+](=O)OO1. The van der Waals surface area contributed by atoms with Crippen LogP contribution in [0.3, 0.4) is 0 Å². The van der Waals surface area contributed by atoms with Gasteiger partial charge in [0.2, 0.25) is 0 Å². The van der Waals surface area contributed by atoms with Crippen LogP contribution >= 0.6 is 0 Å². The summed E-state index contributed by atoms with van der Waals surface area (Å²) in [6, 6.07) is 0. The van der Waals surface area contributed by atoms with E-state index in [9.17, 15) is 9.81 Å². The van der Waals surface area contributed by atoms with Crippen molar-refractivity contribution in [3.8, 4) is 0 Å². The van der Waals surface area contributed by atoms with E-state index in [0.717, 1.165) is 0 Å². The monoisotopic (exact) mass is 124 g/mol. The molecule has 0 atom stereocenters. The predicted molar refractivity (Wildman–Crippen MR) is 11.6 cm³/mol. The molecule has 0 bridgehead atoms. The molecule has 0 saturated carbocycles. The summed E-state index contributed by atoms with van der Waals surface area (Å²) < 4.78 is 0. The Labute approximate surface area is 41.3 Å². The quantitative estimate of drug-likeness (QED) is 0.390. The topological polar surface area (TPSA) is 77.1 Å². The van der Waals surface area contributed by atoms with E-state index in [-0.39, 0.29) is 0 Å². The lowest BCUT2D eigenvalue weighted by Crippen LogP contribution is -2.25. The standard InChI is InChI=1S/N2O6/c3-1-5-7-2(4)8-6-1/q+2. The summed E-state index contributed by atoms with van der Waals surface area (Å²) in [5, 5.41) is -1.07. The van der Waals surface area contributed by atoms with E-state index >= 15 is 0 Å². The molecule has 1 saturated heterocycles.